The van der Waals surface area contributed by atoms with Crippen molar-refractivity contribution in [3.05, 3.63) is 102 Å². The fourth-order valence-electron chi connectivity index (χ4n) is 3.37. The van der Waals surface area contributed by atoms with Crippen molar-refractivity contribution in [2.45, 2.75) is 0 Å². The predicted molar refractivity (Wildman–Crippen MR) is 111 cm³/mol. The Labute approximate surface area is 162 Å². The highest BCUT2D eigenvalue weighted by Gasteiger charge is 2.22. The van der Waals surface area contributed by atoms with Gasteiger partial charge in [-0.1, -0.05) is 72.8 Å². The maximum absolute atomic E-state index is 13.1. The fourth-order valence-corrected chi connectivity index (χ4v) is 3.37. The molecular weight excluding hydrogens is 350 g/mol. The van der Waals surface area contributed by atoms with Crippen molar-refractivity contribution in [1.82, 2.24) is 0 Å². The van der Waals surface area contributed by atoms with E-state index in [0.717, 1.165) is 16.3 Å². The zero-order chi connectivity index (χ0) is 19.5. The number of nitrogens with one attached hydrogen (secondary N) is 1. The molecule has 0 aliphatic rings. The minimum absolute atomic E-state index is 0.0288. The van der Waals surface area contributed by atoms with Crippen LogP contribution in [-0.2, 0) is 0 Å². The molecule has 0 saturated carbocycles. The molecule has 28 heavy (non-hydrogen) atoms. The van der Waals surface area contributed by atoms with Crippen molar-refractivity contribution in [1.29, 1.82) is 0 Å². The first-order valence-corrected chi connectivity index (χ1v) is 8.86. The Morgan fingerprint density at radius 3 is 2.11 bits per heavy atom. The number of anilines is 1. The topological polar surface area (TPSA) is 66.4 Å². The molecule has 4 nitrogen and oxygen atoms in total. The largest absolute Gasteiger partial charge is 0.478 e. The summed E-state index contributed by atoms with van der Waals surface area (Å²) in [7, 11) is 0. The van der Waals surface area contributed by atoms with Crippen LogP contribution in [0.1, 0.15) is 20.7 Å². The average molecular weight is 367 g/mol. The molecule has 4 aromatic rings. The van der Waals surface area contributed by atoms with Gasteiger partial charge in [0.25, 0.3) is 5.91 Å². The van der Waals surface area contributed by atoms with Crippen molar-refractivity contribution in [2.75, 3.05) is 5.32 Å². The second-order valence-corrected chi connectivity index (χ2v) is 6.38. The van der Waals surface area contributed by atoms with Crippen LogP contribution in [0.4, 0.5) is 5.69 Å². The molecule has 4 aromatic carbocycles. The van der Waals surface area contributed by atoms with Gasteiger partial charge in [-0.05, 0) is 40.1 Å². The van der Waals surface area contributed by atoms with E-state index in [-0.39, 0.29) is 11.1 Å². The van der Waals surface area contributed by atoms with Crippen molar-refractivity contribution in [2.24, 2.45) is 0 Å². The summed E-state index contributed by atoms with van der Waals surface area (Å²) in [5, 5.41) is 14.5. The van der Waals surface area contributed by atoms with E-state index in [1.807, 2.05) is 60.7 Å². The number of aromatic carboxylic acids is 1. The average Bonchev–Trinajstić information content (AvgIpc) is 2.73. The standard InChI is InChI=1S/C24H17NO3/c26-23(25-17-10-2-1-3-11-17)22-20(14-7-15-21(22)24(27)28)19-13-6-9-16-8-4-5-12-18(16)19/h1-15H,(H,25,26)(H,27,28). The molecule has 0 bridgehead atoms. The molecule has 4 rings (SSSR count). The molecule has 0 aliphatic carbocycles. The van der Waals surface area contributed by atoms with E-state index in [9.17, 15) is 14.7 Å². The second kappa shape index (κ2) is 7.37. The lowest BCUT2D eigenvalue weighted by Crippen LogP contribution is -2.17. The molecule has 2 N–H and O–H groups in total. The van der Waals surface area contributed by atoms with Crippen molar-refractivity contribution < 1.29 is 14.7 Å². The second-order valence-electron chi connectivity index (χ2n) is 6.38. The minimum atomic E-state index is -1.14. The van der Waals surface area contributed by atoms with Crippen LogP contribution < -0.4 is 5.32 Å². The van der Waals surface area contributed by atoms with E-state index >= 15 is 0 Å². The van der Waals surface area contributed by atoms with Gasteiger partial charge in [0.15, 0.2) is 0 Å². The van der Waals surface area contributed by atoms with E-state index in [4.69, 9.17) is 0 Å². The van der Waals surface area contributed by atoms with Crippen LogP contribution in [0.3, 0.4) is 0 Å². The van der Waals surface area contributed by atoms with Gasteiger partial charge < -0.3 is 10.4 Å². The lowest BCUT2D eigenvalue weighted by Gasteiger charge is -2.15. The first kappa shape index (κ1) is 17.5. The highest BCUT2D eigenvalue weighted by atomic mass is 16.4. The van der Waals surface area contributed by atoms with Gasteiger partial charge in [-0.3, -0.25) is 4.79 Å². The van der Waals surface area contributed by atoms with Gasteiger partial charge >= 0.3 is 5.97 Å². The third-order valence-corrected chi connectivity index (χ3v) is 4.63. The smallest absolute Gasteiger partial charge is 0.336 e. The van der Waals surface area contributed by atoms with Gasteiger partial charge in [-0.25, -0.2) is 4.79 Å². The monoisotopic (exact) mass is 367 g/mol. The van der Waals surface area contributed by atoms with Crippen LogP contribution in [0.2, 0.25) is 0 Å². The summed E-state index contributed by atoms with van der Waals surface area (Å²) in [5.74, 6) is -1.59. The third-order valence-electron chi connectivity index (χ3n) is 4.63. The SMILES string of the molecule is O=C(O)c1cccc(-c2cccc3ccccc23)c1C(=O)Nc1ccccc1. The van der Waals surface area contributed by atoms with Crippen LogP contribution in [0.25, 0.3) is 21.9 Å². The molecule has 0 heterocycles. The Morgan fingerprint density at radius 1 is 0.679 bits per heavy atom. The van der Waals surface area contributed by atoms with Crippen LogP contribution >= 0.6 is 0 Å². The molecule has 0 fully saturated rings. The summed E-state index contributed by atoms with van der Waals surface area (Å²) in [6.45, 7) is 0. The number of carbonyl (C=O) groups is 2. The van der Waals surface area contributed by atoms with Crippen LogP contribution in [0.5, 0.6) is 0 Å². The molecule has 0 aromatic heterocycles. The number of amides is 1. The molecule has 4 heteroatoms. The fraction of sp³-hybridized carbons (Fsp3) is 0. The summed E-state index contributed by atoms with van der Waals surface area (Å²) in [5.41, 5.74) is 2.13. The number of carbonyl (C=O) groups excluding carboxylic acids is 1. The van der Waals surface area contributed by atoms with E-state index < -0.39 is 11.9 Å². The minimum Gasteiger partial charge on any atom is -0.478 e. The Kier molecular flexibility index (Phi) is 4.60. The molecule has 0 saturated heterocycles. The Bertz CT molecular complexity index is 1180. The molecular formula is C24H17NO3. The number of rotatable bonds is 4. The lowest BCUT2D eigenvalue weighted by atomic mass is 9.91. The molecule has 0 atom stereocenters. The number of benzene rings is 4. The number of fused-ring (bicyclic) bond motifs is 1. The highest BCUT2D eigenvalue weighted by Crippen LogP contribution is 2.33. The van der Waals surface area contributed by atoms with Crippen LogP contribution in [0, 0.1) is 0 Å². The number of carboxylic acid groups (broad SMARTS) is 1. The van der Waals surface area contributed by atoms with Gasteiger partial charge in [-0.2, -0.15) is 0 Å². The van der Waals surface area contributed by atoms with Crippen LogP contribution in [-0.4, -0.2) is 17.0 Å². The van der Waals surface area contributed by atoms with Gasteiger partial charge in [0.2, 0.25) is 0 Å². The van der Waals surface area contributed by atoms with E-state index in [1.165, 1.54) is 6.07 Å². The molecule has 136 valence electrons. The van der Waals surface area contributed by atoms with Crippen molar-refractivity contribution in [3.8, 4) is 11.1 Å². The Morgan fingerprint density at radius 2 is 1.32 bits per heavy atom. The lowest BCUT2D eigenvalue weighted by molar-refractivity contribution is 0.0692. The summed E-state index contributed by atoms with van der Waals surface area (Å²) in [6, 6.07) is 27.5. The molecule has 0 spiro atoms. The van der Waals surface area contributed by atoms with E-state index in [2.05, 4.69) is 5.32 Å². The molecule has 0 unspecified atom stereocenters. The van der Waals surface area contributed by atoms with Gasteiger partial charge in [0.1, 0.15) is 0 Å². The van der Waals surface area contributed by atoms with Gasteiger partial charge in [0, 0.05) is 5.69 Å². The zero-order valence-corrected chi connectivity index (χ0v) is 14.9. The number of hydrogen-bond acceptors (Lipinski definition) is 2. The Balaban J connectivity index is 1.92. The first-order valence-electron chi connectivity index (χ1n) is 8.86. The zero-order valence-electron chi connectivity index (χ0n) is 14.9. The van der Waals surface area contributed by atoms with E-state index in [0.29, 0.717) is 11.3 Å². The van der Waals surface area contributed by atoms with Crippen LogP contribution in [0.15, 0.2) is 91.0 Å². The third kappa shape index (κ3) is 3.23. The number of carboxylic acids is 1. The molecule has 0 aliphatic heterocycles. The summed E-state index contributed by atoms with van der Waals surface area (Å²) in [4.78, 5) is 24.9. The highest BCUT2D eigenvalue weighted by molar-refractivity contribution is 6.16. The van der Waals surface area contributed by atoms with Crippen molar-refractivity contribution >= 4 is 28.3 Å². The summed E-state index contributed by atoms with van der Waals surface area (Å²) < 4.78 is 0. The Hall–Kier alpha value is -3.92. The molecule has 0 radical (unpaired) electrons. The van der Waals surface area contributed by atoms with Gasteiger partial charge in [-0.15, -0.1) is 0 Å². The van der Waals surface area contributed by atoms with E-state index in [1.54, 1.807) is 24.3 Å². The predicted octanol–water partition coefficient (Wildman–Crippen LogP) is 5.46. The maximum Gasteiger partial charge on any atom is 0.336 e. The van der Waals surface area contributed by atoms with Gasteiger partial charge in [0.05, 0.1) is 11.1 Å². The quantitative estimate of drug-likeness (QED) is 0.503. The van der Waals surface area contributed by atoms with Crippen molar-refractivity contribution in [3.63, 3.8) is 0 Å². The summed E-state index contributed by atoms with van der Waals surface area (Å²) in [6.07, 6.45) is 0. The molecule has 1 amide bonds. The number of hydrogen-bond donors (Lipinski definition) is 2. The first-order chi connectivity index (χ1) is 13.6. The summed E-state index contributed by atoms with van der Waals surface area (Å²) >= 11 is 0. The maximum atomic E-state index is 13.1. The normalized spacial score (nSPS) is 10.6. The number of para-hydroxylation sites is 1.